The smallest absolute Gasteiger partial charge is 0.227 e. The van der Waals surface area contributed by atoms with Crippen molar-refractivity contribution in [3.8, 4) is 0 Å². The first-order chi connectivity index (χ1) is 12.7. The normalized spacial score (nSPS) is 17.8. The fourth-order valence-corrected chi connectivity index (χ4v) is 3.64. The van der Waals surface area contributed by atoms with Crippen LogP contribution in [-0.2, 0) is 16.0 Å². The first-order valence-electron chi connectivity index (χ1n) is 8.88. The van der Waals surface area contributed by atoms with Gasteiger partial charge in [0.05, 0.1) is 18.9 Å². The highest BCUT2D eigenvalue weighted by molar-refractivity contribution is 5.89. The topological polar surface area (TPSA) is 65.2 Å². The van der Waals surface area contributed by atoms with Crippen LogP contribution in [0.4, 0.5) is 0 Å². The van der Waals surface area contributed by atoms with E-state index in [1.54, 1.807) is 0 Å². The van der Waals surface area contributed by atoms with Gasteiger partial charge in [0.1, 0.15) is 0 Å². The number of H-pyrrole nitrogens is 1. The van der Waals surface area contributed by atoms with Gasteiger partial charge in [-0.05, 0) is 17.2 Å². The molecular weight excluding hydrogens is 326 g/mol. The summed E-state index contributed by atoms with van der Waals surface area (Å²) in [4.78, 5) is 30.3. The van der Waals surface area contributed by atoms with Gasteiger partial charge in [-0.25, -0.2) is 0 Å². The second kappa shape index (κ2) is 7.04. The minimum absolute atomic E-state index is 0.0127. The number of carbonyl (C=O) groups excluding carboxylic acids is 2. The molecule has 2 N–H and O–H groups in total. The zero-order valence-electron chi connectivity index (χ0n) is 14.4. The summed E-state index contributed by atoms with van der Waals surface area (Å²) < 4.78 is 0. The summed E-state index contributed by atoms with van der Waals surface area (Å²) >= 11 is 0. The van der Waals surface area contributed by atoms with Crippen molar-refractivity contribution in [3.05, 3.63) is 71.9 Å². The maximum atomic E-state index is 13.1. The van der Waals surface area contributed by atoms with Gasteiger partial charge in [0, 0.05) is 30.2 Å². The average molecular weight is 347 g/mol. The number of aromatic amines is 1. The summed E-state index contributed by atoms with van der Waals surface area (Å²) in [7, 11) is 0. The number of nitrogens with one attached hydrogen (secondary N) is 2. The molecule has 4 rings (SSSR count). The molecule has 1 aromatic heterocycles. The average Bonchev–Trinajstić information content (AvgIpc) is 2.96. The van der Waals surface area contributed by atoms with Gasteiger partial charge in [0.2, 0.25) is 11.8 Å². The second-order valence-electron chi connectivity index (χ2n) is 6.60. The third kappa shape index (κ3) is 3.20. The Labute approximate surface area is 152 Å². The molecule has 2 aromatic carbocycles. The van der Waals surface area contributed by atoms with Crippen LogP contribution in [0.2, 0.25) is 0 Å². The number of benzene rings is 2. The molecule has 1 fully saturated rings. The Kier molecular flexibility index (Phi) is 4.44. The lowest BCUT2D eigenvalue weighted by atomic mass is 10.0. The van der Waals surface area contributed by atoms with Crippen LogP contribution >= 0.6 is 0 Å². The molecule has 0 aliphatic carbocycles. The molecule has 0 spiro atoms. The lowest BCUT2D eigenvalue weighted by Crippen LogP contribution is -2.37. The van der Waals surface area contributed by atoms with Gasteiger partial charge in [-0.2, -0.15) is 0 Å². The van der Waals surface area contributed by atoms with Gasteiger partial charge < -0.3 is 15.2 Å². The highest BCUT2D eigenvalue weighted by Crippen LogP contribution is 2.27. The molecule has 0 saturated carbocycles. The van der Waals surface area contributed by atoms with Crippen LogP contribution in [0, 0.1) is 0 Å². The minimum atomic E-state index is -0.226. The van der Waals surface area contributed by atoms with Crippen molar-refractivity contribution in [2.24, 2.45) is 0 Å². The lowest BCUT2D eigenvalue weighted by molar-refractivity contribution is -0.133. The molecule has 1 unspecified atom stereocenters. The summed E-state index contributed by atoms with van der Waals surface area (Å²) in [5.41, 5.74) is 3.01. The number of aromatic nitrogens is 1. The van der Waals surface area contributed by atoms with Crippen LogP contribution in [0.1, 0.15) is 23.6 Å². The maximum Gasteiger partial charge on any atom is 0.227 e. The Morgan fingerprint density at radius 2 is 1.85 bits per heavy atom. The van der Waals surface area contributed by atoms with Crippen molar-refractivity contribution in [2.75, 3.05) is 13.1 Å². The van der Waals surface area contributed by atoms with E-state index in [1.165, 1.54) is 0 Å². The van der Waals surface area contributed by atoms with E-state index in [0.717, 1.165) is 22.0 Å². The summed E-state index contributed by atoms with van der Waals surface area (Å²) in [6.45, 7) is 1.01. The number of para-hydroxylation sites is 1. The number of hydrogen-bond acceptors (Lipinski definition) is 2. The van der Waals surface area contributed by atoms with Crippen LogP contribution in [0.25, 0.3) is 10.9 Å². The third-order valence-electron chi connectivity index (χ3n) is 4.95. The van der Waals surface area contributed by atoms with Crippen molar-refractivity contribution in [2.45, 2.75) is 18.9 Å². The Morgan fingerprint density at radius 1 is 1.08 bits per heavy atom. The summed E-state index contributed by atoms with van der Waals surface area (Å²) in [5, 5.41) is 3.95. The SMILES string of the molecule is O=C1CC(c2ccccc2)N(C(=O)Cc2c[nH]c3ccccc23)CCN1. The third-order valence-corrected chi connectivity index (χ3v) is 4.95. The molecule has 1 atom stereocenters. The van der Waals surface area contributed by atoms with Gasteiger partial charge in [0.25, 0.3) is 0 Å². The fourth-order valence-electron chi connectivity index (χ4n) is 3.64. The zero-order chi connectivity index (χ0) is 17.9. The summed E-state index contributed by atoms with van der Waals surface area (Å²) in [5.74, 6) is 0.0290. The predicted octanol–water partition coefficient (Wildman–Crippen LogP) is 2.80. The van der Waals surface area contributed by atoms with Crippen LogP contribution in [0.15, 0.2) is 60.8 Å². The van der Waals surface area contributed by atoms with Gasteiger partial charge in [0.15, 0.2) is 0 Å². The molecular formula is C21H21N3O2. The molecule has 5 heteroatoms. The van der Waals surface area contributed by atoms with Crippen LogP contribution in [-0.4, -0.2) is 34.8 Å². The number of rotatable bonds is 3. The number of hydrogen-bond donors (Lipinski definition) is 2. The van der Waals surface area contributed by atoms with Crippen LogP contribution in [0.3, 0.4) is 0 Å². The molecule has 1 aliphatic rings. The molecule has 1 aliphatic heterocycles. The first kappa shape index (κ1) is 16.4. The van der Waals surface area contributed by atoms with E-state index in [2.05, 4.69) is 10.3 Å². The minimum Gasteiger partial charge on any atom is -0.361 e. The van der Waals surface area contributed by atoms with Gasteiger partial charge in [-0.15, -0.1) is 0 Å². The zero-order valence-corrected chi connectivity index (χ0v) is 14.4. The Hall–Kier alpha value is -3.08. The van der Waals surface area contributed by atoms with Gasteiger partial charge in [-0.1, -0.05) is 48.5 Å². The maximum absolute atomic E-state index is 13.1. The van der Waals surface area contributed by atoms with E-state index in [-0.39, 0.29) is 17.9 Å². The summed E-state index contributed by atoms with van der Waals surface area (Å²) in [6, 6.07) is 17.6. The van der Waals surface area contributed by atoms with Gasteiger partial charge >= 0.3 is 0 Å². The van der Waals surface area contributed by atoms with Crippen LogP contribution < -0.4 is 5.32 Å². The van der Waals surface area contributed by atoms with E-state index < -0.39 is 0 Å². The largest absolute Gasteiger partial charge is 0.361 e. The quantitative estimate of drug-likeness (QED) is 0.765. The Balaban J connectivity index is 1.62. The van der Waals surface area contributed by atoms with E-state index in [4.69, 9.17) is 0 Å². The van der Waals surface area contributed by atoms with E-state index in [9.17, 15) is 9.59 Å². The number of carbonyl (C=O) groups is 2. The van der Waals surface area contributed by atoms with Crippen molar-refractivity contribution < 1.29 is 9.59 Å². The monoisotopic (exact) mass is 347 g/mol. The predicted molar refractivity (Wildman–Crippen MR) is 101 cm³/mol. The van der Waals surface area contributed by atoms with Crippen LogP contribution in [0.5, 0.6) is 0 Å². The van der Waals surface area contributed by atoms with Crippen molar-refractivity contribution in [1.82, 2.24) is 15.2 Å². The standard InChI is InChI=1S/C21H21N3O2/c25-20-13-19(15-6-2-1-3-7-15)24(11-10-22-20)21(26)12-16-14-23-18-9-5-4-8-17(16)18/h1-9,14,19,23H,10-13H2,(H,22,25). The highest BCUT2D eigenvalue weighted by Gasteiger charge is 2.29. The number of amides is 2. The number of nitrogens with zero attached hydrogens (tertiary/aromatic N) is 1. The Morgan fingerprint density at radius 3 is 2.69 bits per heavy atom. The van der Waals surface area contributed by atoms with Crippen molar-refractivity contribution in [1.29, 1.82) is 0 Å². The number of fused-ring (bicyclic) bond motifs is 1. The van der Waals surface area contributed by atoms with Crippen molar-refractivity contribution in [3.63, 3.8) is 0 Å². The first-order valence-corrected chi connectivity index (χ1v) is 8.88. The summed E-state index contributed by atoms with van der Waals surface area (Å²) in [6.07, 6.45) is 2.52. The molecule has 132 valence electrons. The molecule has 0 bridgehead atoms. The molecule has 2 amide bonds. The molecule has 1 saturated heterocycles. The van der Waals surface area contributed by atoms with E-state index >= 15 is 0 Å². The molecule has 2 heterocycles. The second-order valence-corrected chi connectivity index (χ2v) is 6.60. The molecule has 26 heavy (non-hydrogen) atoms. The van der Waals surface area contributed by atoms with Gasteiger partial charge in [-0.3, -0.25) is 9.59 Å². The molecule has 3 aromatic rings. The Bertz CT molecular complexity index is 933. The fraction of sp³-hybridized carbons (Fsp3) is 0.238. The molecule has 5 nitrogen and oxygen atoms in total. The van der Waals surface area contributed by atoms with E-state index in [1.807, 2.05) is 65.7 Å². The van der Waals surface area contributed by atoms with Crippen molar-refractivity contribution >= 4 is 22.7 Å². The highest BCUT2D eigenvalue weighted by atomic mass is 16.2. The molecule has 0 radical (unpaired) electrons. The lowest BCUT2D eigenvalue weighted by Gasteiger charge is -2.29. The van der Waals surface area contributed by atoms with E-state index in [0.29, 0.717) is 25.9 Å².